The van der Waals surface area contributed by atoms with E-state index >= 15 is 0 Å². The van der Waals surface area contributed by atoms with Crippen molar-refractivity contribution in [3.8, 4) is 5.75 Å². The van der Waals surface area contributed by atoms with Crippen LogP contribution in [-0.4, -0.2) is 49.0 Å². The molecule has 0 aliphatic carbocycles. The number of nitrogens with zero attached hydrogens (tertiary/aromatic N) is 3. The van der Waals surface area contributed by atoms with Gasteiger partial charge in [-0.3, -0.25) is 14.9 Å². The lowest BCUT2D eigenvalue weighted by Crippen LogP contribution is -2.48. The van der Waals surface area contributed by atoms with Crippen LogP contribution in [0, 0.1) is 10.1 Å². The molecule has 7 nitrogen and oxygen atoms in total. The van der Waals surface area contributed by atoms with Crippen molar-refractivity contribution >= 4 is 23.4 Å². The molecule has 0 saturated carbocycles. The van der Waals surface area contributed by atoms with Crippen LogP contribution in [0.15, 0.2) is 48.5 Å². The maximum Gasteiger partial charge on any atom is 0.416 e. The smallest absolute Gasteiger partial charge is 0.416 e. The van der Waals surface area contributed by atoms with Gasteiger partial charge in [-0.1, -0.05) is 12.1 Å². The highest BCUT2D eigenvalue weighted by Gasteiger charge is 2.34. The molecule has 0 spiro atoms. The molecule has 164 valence electrons. The molecule has 10 heteroatoms. The summed E-state index contributed by atoms with van der Waals surface area (Å²) < 4.78 is 43.8. The number of alkyl halides is 3. The number of amides is 1. The van der Waals surface area contributed by atoms with Crippen LogP contribution in [0.4, 0.5) is 24.5 Å². The van der Waals surface area contributed by atoms with E-state index in [4.69, 9.17) is 4.74 Å². The second-order valence-electron chi connectivity index (χ2n) is 6.88. The molecule has 0 unspecified atom stereocenters. The quantitative estimate of drug-likeness (QED) is 0.403. The third kappa shape index (κ3) is 5.33. The van der Waals surface area contributed by atoms with Gasteiger partial charge in [0.25, 0.3) is 5.69 Å². The Kier molecular flexibility index (Phi) is 6.47. The van der Waals surface area contributed by atoms with E-state index in [0.29, 0.717) is 24.9 Å². The van der Waals surface area contributed by atoms with Gasteiger partial charge in [-0.25, -0.2) is 0 Å². The lowest BCUT2D eigenvalue weighted by Gasteiger charge is -2.35. The Bertz CT molecular complexity index is 1000. The van der Waals surface area contributed by atoms with Gasteiger partial charge in [0.1, 0.15) is 11.4 Å². The van der Waals surface area contributed by atoms with Crippen LogP contribution in [0.1, 0.15) is 11.1 Å². The summed E-state index contributed by atoms with van der Waals surface area (Å²) in [6, 6.07) is 9.69. The van der Waals surface area contributed by atoms with Gasteiger partial charge < -0.3 is 14.5 Å². The predicted molar refractivity (Wildman–Crippen MR) is 109 cm³/mol. The van der Waals surface area contributed by atoms with Gasteiger partial charge in [0.15, 0.2) is 0 Å². The first-order valence-electron chi connectivity index (χ1n) is 9.40. The number of benzene rings is 2. The molecular weight excluding hydrogens is 415 g/mol. The number of carbonyl (C=O) groups is 1. The highest BCUT2D eigenvalue weighted by molar-refractivity contribution is 5.92. The largest absolute Gasteiger partial charge is 0.497 e. The van der Waals surface area contributed by atoms with E-state index in [9.17, 15) is 28.1 Å². The van der Waals surface area contributed by atoms with Crippen molar-refractivity contribution < 1.29 is 27.6 Å². The molecule has 2 aromatic carbocycles. The molecule has 0 N–H and O–H groups in total. The zero-order valence-electron chi connectivity index (χ0n) is 16.6. The van der Waals surface area contributed by atoms with Crippen LogP contribution in [0.5, 0.6) is 5.75 Å². The first-order valence-corrected chi connectivity index (χ1v) is 9.40. The fourth-order valence-electron chi connectivity index (χ4n) is 3.30. The first kappa shape index (κ1) is 22.1. The highest BCUT2D eigenvalue weighted by Crippen LogP contribution is 2.36. The van der Waals surface area contributed by atoms with Gasteiger partial charge in [-0.15, -0.1) is 0 Å². The molecule has 1 fully saturated rings. The molecule has 1 aliphatic heterocycles. The summed E-state index contributed by atoms with van der Waals surface area (Å²) in [4.78, 5) is 26.2. The Balaban J connectivity index is 1.67. The number of piperazine rings is 1. The van der Waals surface area contributed by atoms with E-state index in [1.54, 1.807) is 41.2 Å². The van der Waals surface area contributed by atoms with Crippen molar-refractivity contribution in [1.29, 1.82) is 0 Å². The Hall–Kier alpha value is -3.56. The van der Waals surface area contributed by atoms with E-state index in [1.807, 2.05) is 6.07 Å². The second kappa shape index (κ2) is 9.07. The number of carbonyl (C=O) groups excluding carboxylic acids is 1. The molecule has 31 heavy (non-hydrogen) atoms. The fraction of sp³-hybridized carbons (Fsp3) is 0.286. The molecule has 1 aliphatic rings. The monoisotopic (exact) mass is 435 g/mol. The van der Waals surface area contributed by atoms with E-state index in [2.05, 4.69) is 0 Å². The van der Waals surface area contributed by atoms with Crippen molar-refractivity contribution in [3.63, 3.8) is 0 Å². The molecule has 3 rings (SSSR count). The summed E-state index contributed by atoms with van der Waals surface area (Å²) in [6.07, 6.45) is -1.56. The maximum absolute atomic E-state index is 12.9. The first-order chi connectivity index (χ1) is 14.7. The van der Waals surface area contributed by atoms with Crippen LogP contribution < -0.4 is 9.64 Å². The third-order valence-electron chi connectivity index (χ3n) is 4.94. The zero-order chi connectivity index (χ0) is 22.6. The number of rotatable bonds is 5. The Morgan fingerprint density at radius 2 is 1.84 bits per heavy atom. The average molecular weight is 435 g/mol. The predicted octanol–water partition coefficient (Wildman–Crippen LogP) is 3.98. The molecule has 1 saturated heterocycles. The zero-order valence-corrected chi connectivity index (χ0v) is 16.6. The minimum Gasteiger partial charge on any atom is -0.497 e. The van der Waals surface area contributed by atoms with E-state index in [-0.39, 0.29) is 24.7 Å². The summed E-state index contributed by atoms with van der Waals surface area (Å²) in [5.74, 6) is 0.450. The van der Waals surface area contributed by atoms with Gasteiger partial charge in [-0.2, -0.15) is 13.2 Å². The molecule has 0 aromatic heterocycles. The molecule has 2 aromatic rings. The minimum absolute atomic E-state index is 0.108. The SMILES string of the molecule is COc1cccc(/C=C/C(=O)N2CCN(c3ccc(C(F)(F)F)cc3[N+](=O)[O-])CC2)c1. The third-order valence-corrected chi connectivity index (χ3v) is 4.94. The van der Waals surface area contributed by atoms with Gasteiger partial charge in [0, 0.05) is 38.3 Å². The van der Waals surface area contributed by atoms with Crippen LogP contribution in [0.3, 0.4) is 0 Å². The maximum atomic E-state index is 12.9. The summed E-state index contributed by atoms with van der Waals surface area (Å²) in [6.45, 7) is 1.12. The summed E-state index contributed by atoms with van der Waals surface area (Å²) in [5.41, 5.74) is -0.768. The van der Waals surface area contributed by atoms with Crippen molar-refractivity contribution in [2.45, 2.75) is 6.18 Å². The van der Waals surface area contributed by atoms with Crippen LogP contribution in [0.25, 0.3) is 6.08 Å². The molecule has 1 amide bonds. The van der Waals surface area contributed by atoms with Crippen molar-refractivity contribution in [2.24, 2.45) is 0 Å². The van der Waals surface area contributed by atoms with Crippen LogP contribution in [-0.2, 0) is 11.0 Å². The fourth-order valence-corrected chi connectivity index (χ4v) is 3.30. The summed E-state index contributed by atoms with van der Waals surface area (Å²) in [5, 5.41) is 11.3. The Morgan fingerprint density at radius 3 is 2.45 bits per heavy atom. The van der Waals surface area contributed by atoms with E-state index < -0.39 is 22.4 Å². The summed E-state index contributed by atoms with van der Waals surface area (Å²) >= 11 is 0. The molecular formula is C21H20F3N3O4. The second-order valence-corrected chi connectivity index (χ2v) is 6.88. The minimum atomic E-state index is -4.66. The standard InChI is InChI=1S/C21H20F3N3O4/c1-31-17-4-2-3-15(13-17)5-8-20(28)26-11-9-25(10-12-26)18-7-6-16(21(22,23)24)14-19(18)27(29)30/h2-8,13-14H,9-12H2,1H3/b8-5+. The van der Waals surface area contributed by atoms with Gasteiger partial charge in [0.05, 0.1) is 17.6 Å². The van der Waals surface area contributed by atoms with Gasteiger partial charge in [-0.05, 0) is 35.9 Å². The van der Waals surface area contributed by atoms with Gasteiger partial charge >= 0.3 is 6.18 Å². The average Bonchev–Trinajstić information content (AvgIpc) is 2.76. The van der Waals surface area contributed by atoms with Crippen molar-refractivity contribution in [2.75, 3.05) is 38.2 Å². The van der Waals surface area contributed by atoms with Crippen LogP contribution >= 0.6 is 0 Å². The molecule has 0 atom stereocenters. The number of ether oxygens (including phenoxy) is 1. The normalized spacial score (nSPS) is 14.7. The lowest BCUT2D eigenvalue weighted by molar-refractivity contribution is -0.384. The van der Waals surface area contributed by atoms with Crippen molar-refractivity contribution in [3.05, 3.63) is 69.8 Å². The van der Waals surface area contributed by atoms with Crippen LogP contribution in [0.2, 0.25) is 0 Å². The Labute approximate surface area is 176 Å². The van der Waals surface area contributed by atoms with Gasteiger partial charge in [0.2, 0.25) is 5.91 Å². The summed E-state index contributed by atoms with van der Waals surface area (Å²) in [7, 11) is 1.55. The highest BCUT2D eigenvalue weighted by atomic mass is 19.4. The Morgan fingerprint density at radius 1 is 1.13 bits per heavy atom. The molecule has 0 radical (unpaired) electrons. The number of methoxy groups -OCH3 is 1. The van der Waals surface area contributed by atoms with Crippen molar-refractivity contribution in [1.82, 2.24) is 4.90 Å². The van der Waals surface area contributed by atoms with E-state index in [0.717, 1.165) is 17.7 Å². The lowest BCUT2D eigenvalue weighted by atomic mass is 10.1. The molecule has 0 bridgehead atoms. The van der Waals surface area contributed by atoms with E-state index in [1.165, 1.54) is 6.08 Å². The molecule has 1 heterocycles. The number of anilines is 1. The number of nitro benzene ring substituents is 1. The number of halogens is 3. The topological polar surface area (TPSA) is 75.9 Å². The number of hydrogen-bond donors (Lipinski definition) is 0. The number of hydrogen-bond acceptors (Lipinski definition) is 5. The number of nitro groups is 1.